The van der Waals surface area contributed by atoms with Crippen molar-refractivity contribution in [3.8, 4) is 0 Å². The summed E-state index contributed by atoms with van der Waals surface area (Å²) in [6.07, 6.45) is 4.13. The third-order valence-corrected chi connectivity index (χ3v) is 6.76. The van der Waals surface area contributed by atoms with Gasteiger partial charge in [-0.05, 0) is 44.3 Å². The van der Waals surface area contributed by atoms with Crippen molar-refractivity contribution in [3.05, 3.63) is 47.7 Å². The van der Waals surface area contributed by atoms with E-state index in [1.54, 1.807) is 6.08 Å². The zero-order valence-corrected chi connectivity index (χ0v) is 15.4. The molecule has 3 N–H and O–H groups in total. The standard InChI is InChI=1S/C21H27FN4O/c22-15-6-7-16-20(19(15)14-4-2-1-3-5-14)21-24-18(27)12-17(26(21)25-16)13-8-10-23-11-9-13/h1-5,12-13,15-16,19-21,23,25H,6-11H2,(H,24,27). The van der Waals surface area contributed by atoms with Crippen molar-refractivity contribution in [2.24, 2.45) is 11.8 Å². The first-order chi connectivity index (χ1) is 13.2. The molecule has 144 valence electrons. The van der Waals surface area contributed by atoms with Gasteiger partial charge in [-0.15, -0.1) is 0 Å². The summed E-state index contributed by atoms with van der Waals surface area (Å²) < 4.78 is 15.1. The van der Waals surface area contributed by atoms with Crippen LogP contribution in [0.2, 0.25) is 0 Å². The van der Waals surface area contributed by atoms with Crippen molar-refractivity contribution in [3.63, 3.8) is 0 Å². The van der Waals surface area contributed by atoms with Gasteiger partial charge in [0.25, 0.3) is 0 Å². The lowest BCUT2D eigenvalue weighted by Crippen LogP contribution is -2.55. The molecule has 0 spiro atoms. The van der Waals surface area contributed by atoms with Gasteiger partial charge < -0.3 is 10.6 Å². The number of piperidine rings is 1. The molecule has 2 saturated heterocycles. The van der Waals surface area contributed by atoms with Crippen molar-refractivity contribution in [1.29, 1.82) is 0 Å². The number of halogens is 1. The molecule has 3 fully saturated rings. The van der Waals surface area contributed by atoms with Crippen LogP contribution in [0.15, 0.2) is 42.1 Å². The minimum atomic E-state index is -0.875. The molecular weight excluding hydrogens is 343 g/mol. The highest BCUT2D eigenvalue weighted by molar-refractivity contribution is 5.89. The normalized spacial score (nSPS) is 36.6. The molecule has 0 radical (unpaired) electrons. The number of hydrogen-bond donors (Lipinski definition) is 3. The lowest BCUT2D eigenvalue weighted by Gasteiger charge is -2.41. The van der Waals surface area contributed by atoms with Crippen LogP contribution in [0.5, 0.6) is 0 Å². The zero-order valence-electron chi connectivity index (χ0n) is 15.4. The fourth-order valence-corrected chi connectivity index (χ4v) is 5.53. The van der Waals surface area contributed by atoms with Crippen LogP contribution in [0.3, 0.4) is 0 Å². The third kappa shape index (κ3) is 2.95. The predicted octanol–water partition coefficient (Wildman–Crippen LogP) is 2.05. The van der Waals surface area contributed by atoms with E-state index in [4.69, 9.17) is 0 Å². The number of carbonyl (C=O) groups excluding carboxylic acids is 1. The topological polar surface area (TPSA) is 56.4 Å². The summed E-state index contributed by atoms with van der Waals surface area (Å²) in [4.78, 5) is 12.5. The number of nitrogens with zero attached hydrogens (tertiary/aromatic N) is 1. The molecule has 5 rings (SSSR count). The fourth-order valence-electron chi connectivity index (χ4n) is 5.53. The molecule has 1 aromatic rings. The van der Waals surface area contributed by atoms with Crippen LogP contribution in [0.25, 0.3) is 0 Å². The maximum Gasteiger partial charge on any atom is 0.247 e. The van der Waals surface area contributed by atoms with E-state index in [-0.39, 0.29) is 30.0 Å². The van der Waals surface area contributed by atoms with Crippen molar-refractivity contribution >= 4 is 5.91 Å². The van der Waals surface area contributed by atoms with Crippen LogP contribution in [-0.4, -0.2) is 42.4 Å². The lowest BCUT2D eigenvalue weighted by molar-refractivity contribution is -0.120. The van der Waals surface area contributed by atoms with Crippen LogP contribution in [0.1, 0.15) is 37.2 Å². The minimum absolute atomic E-state index is 0.0329. The van der Waals surface area contributed by atoms with Crippen LogP contribution in [0.4, 0.5) is 4.39 Å². The Morgan fingerprint density at radius 2 is 1.81 bits per heavy atom. The number of rotatable bonds is 2. The quantitative estimate of drug-likeness (QED) is 0.746. The second-order valence-electron chi connectivity index (χ2n) is 8.26. The Hall–Kier alpha value is -1.92. The van der Waals surface area contributed by atoms with Gasteiger partial charge in [0, 0.05) is 35.6 Å². The van der Waals surface area contributed by atoms with Crippen molar-refractivity contribution in [2.75, 3.05) is 13.1 Å². The van der Waals surface area contributed by atoms with Crippen molar-refractivity contribution in [2.45, 2.75) is 50.0 Å². The van der Waals surface area contributed by atoms with Gasteiger partial charge in [0.15, 0.2) is 0 Å². The van der Waals surface area contributed by atoms with E-state index in [1.807, 2.05) is 30.3 Å². The molecule has 1 aliphatic carbocycles. The summed E-state index contributed by atoms with van der Waals surface area (Å²) in [5.74, 6) is 0.175. The van der Waals surface area contributed by atoms with E-state index in [1.165, 1.54) is 0 Å². The summed E-state index contributed by atoms with van der Waals surface area (Å²) in [6, 6.07) is 10.2. The van der Waals surface area contributed by atoms with E-state index < -0.39 is 6.17 Å². The number of fused-ring (bicyclic) bond motifs is 3. The molecule has 3 aliphatic heterocycles. The SMILES string of the molecule is O=C1C=C(C2CCNCC2)N2NC3CCC(F)C(c4ccccc4)C3C2N1. The maximum atomic E-state index is 15.1. The zero-order chi connectivity index (χ0) is 18.4. The van der Waals surface area contributed by atoms with Crippen molar-refractivity contribution < 1.29 is 9.18 Å². The van der Waals surface area contributed by atoms with E-state index in [2.05, 4.69) is 21.1 Å². The number of alkyl halides is 1. The number of allylic oxidation sites excluding steroid dienone is 1. The van der Waals surface area contributed by atoms with Crippen LogP contribution in [-0.2, 0) is 4.79 Å². The Labute approximate surface area is 159 Å². The van der Waals surface area contributed by atoms with Gasteiger partial charge in [-0.3, -0.25) is 9.80 Å². The molecule has 1 amide bonds. The first-order valence-electron chi connectivity index (χ1n) is 10.2. The van der Waals surface area contributed by atoms with Gasteiger partial charge in [0.05, 0.1) is 0 Å². The molecular formula is C21H27FN4O. The van der Waals surface area contributed by atoms with Crippen LogP contribution in [0, 0.1) is 11.8 Å². The van der Waals surface area contributed by atoms with Gasteiger partial charge in [0.2, 0.25) is 5.91 Å². The first-order valence-corrected chi connectivity index (χ1v) is 10.2. The summed E-state index contributed by atoms with van der Waals surface area (Å²) >= 11 is 0. The van der Waals surface area contributed by atoms with E-state index >= 15 is 4.39 Å². The highest BCUT2D eigenvalue weighted by Crippen LogP contribution is 2.47. The summed E-state index contributed by atoms with van der Waals surface area (Å²) in [5.41, 5.74) is 5.77. The van der Waals surface area contributed by atoms with Crippen LogP contribution < -0.4 is 16.1 Å². The summed E-state index contributed by atoms with van der Waals surface area (Å²) in [6.45, 7) is 1.96. The molecule has 1 saturated carbocycles. The van der Waals surface area contributed by atoms with Gasteiger partial charge in [0.1, 0.15) is 12.3 Å². The molecule has 3 heterocycles. The molecule has 0 bridgehead atoms. The Balaban J connectivity index is 1.49. The average molecular weight is 370 g/mol. The molecule has 6 heteroatoms. The second kappa shape index (κ2) is 6.91. The lowest BCUT2D eigenvalue weighted by atomic mass is 9.71. The highest BCUT2D eigenvalue weighted by Gasteiger charge is 2.53. The Morgan fingerprint density at radius 1 is 1.04 bits per heavy atom. The number of benzene rings is 1. The van der Waals surface area contributed by atoms with E-state index in [0.29, 0.717) is 12.3 Å². The number of amides is 1. The van der Waals surface area contributed by atoms with Crippen LogP contribution >= 0.6 is 0 Å². The van der Waals surface area contributed by atoms with E-state index in [0.717, 1.165) is 43.6 Å². The smallest absolute Gasteiger partial charge is 0.247 e. The third-order valence-electron chi connectivity index (χ3n) is 6.76. The number of carbonyl (C=O) groups is 1. The number of hydrogen-bond acceptors (Lipinski definition) is 4. The van der Waals surface area contributed by atoms with E-state index in [9.17, 15) is 4.79 Å². The Bertz CT molecular complexity index is 733. The van der Waals surface area contributed by atoms with Gasteiger partial charge in [-0.25, -0.2) is 9.82 Å². The average Bonchev–Trinajstić information content (AvgIpc) is 3.07. The largest absolute Gasteiger partial charge is 0.331 e. The van der Waals surface area contributed by atoms with Crippen molar-refractivity contribution in [1.82, 2.24) is 21.1 Å². The second-order valence-corrected chi connectivity index (χ2v) is 8.26. The molecule has 1 aromatic carbocycles. The highest BCUT2D eigenvalue weighted by atomic mass is 19.1. The Morgan fingerprint density at radius 3 is 2.59 bits per heavy atom. The number of nitrogens with one attached hydrogen (secondary N) is 3. The molecule has 5 atom stereocenters. The first kappa shape index (κ1) is 17.2. The van der Waals surface area contributed by atoms with Gasteiger partial charge >= 0.3 is 0 Å². The monoisotopic (exact) mass is 370 g/mol. The molecule has 5 unspecified atom stereocenters. The summed E-state index contributed by atoms with van der Waals surface area (Å²) in [7, 11) is 0. The summed E-state index contributed by atoms with van der Waals surface area (Å²) in [5, 5.41) is 8.69. The molecule has 27 heavy (non-hydrogen) atoms. The molecule has 4 aliphatic rings. The van der Waals surface area contributed by atoms with Gasteiger partial charge in [-0.1, -0.05) is 30.3 Å². The Kier molecular flexibility index (Phi) is 4.40. The number of hydrazine groups is 1. The van der Waals surface area contributed by atoms with Gasteiger partial charge in [-0.2, -0.15) is 0 Å². The predicted molar refractivity (Wildman–Crippen MR) is 101 cm³/mol. The molecule has 5 nitrogen and oxygen atoms in total. The maximum absolute atomic E-state index is 15.1. The fraction of sp³-hybridized carbons (Fsp3) is 0.571. The minimum Gasteiger partial charge on any atom is -0.331 e. The molecule has 0 aromatic heterocycles.